The number of carbonyl (C=O) groups is 2. The Labute approximate surface area is 124 Å². The first-order valence-electron chi connectivity index (χ1n) is 5.92. The molecule has 2 rings (SSSR count). The smallest absolute Gasteiger partial charge is 0.262 e. The number of aldehydes is 1. The maximum Gasteiger partial charge on any atom is 0.262 e. The predicted octanol–water partition coefficient (Wildman–Crippen LogP) is 3.28. The fourth-order valence-electron chi connectivity index (χ4n) is 1.63. The van der Waals surface area contributed by atoms with Gasteiger partial charge in [-0.25, -0.2) is 0 Å². The molecule has 0 spiro atoms. The van der Waals surface area contributed by atoms with Crippen LogP contribution < -0.4 is 10.1 Å². The molecule has 5 heteroatoms. The molecule has 0 heterocycles. The minimum absolute atomic E-state index is 0.168. The third kappa shape index (κ3) is 3.68. The number of amides is 1. The van der Waals surface area contributed by atoms with Crippen LogP contribution >= 0.6 is 15.9 Å². The summed E-state index contributed by atoms with van der Waals surface area (Å²) in [5.74, 6) is 0.0783. The van der Waals surface area contributed by atoms with E-state index in [-0.39, 0.29) is 12.5 Å². The first-order valence-corrected chi connectivity index (χ1v) is 6.71. The lowest BCUT2D eigenvalue weighted by Crippen LogP contribution is -2.20. The summed E-state index contributed by atoms with van der Waals surface area (Å²) < 4.78 is 6.04. The fraction of sp³-hybridized carbons (Fsp3) is 0.0667. The maximum atomic E-state index is 11.8. The van der Waals surface area contributed by atoms with Gasteiger partial charge in [0.15, 0.2) is 12.9 Å². The molecule has 0 fully saturated rings. The molecule has 0 aromatic heterocycles. The van der Waals surface area contributed by atoms with Gasteiger partial charge in [-0.15, -0.1) is 0 Å². The Morgan fingerprint density at radius 3 is 2.60 bits per heavy atom. The van der Waals surface area contributed by atoms with Crippen molar-refractivity contribution in [2.24, 2.45) is 0 Å². The van der Waals surface area contributed by atoms with E-state index in [0.29, 0.717) is 27.8 Å². The third-order valence-corrected chi connectivity index (χ3v) is 3.15. The van der Waals surface area contributed by atoms with Crippen molar-refractivity contribution in [3.8, 4) is 5.75 Å². The molecule has 102 valence electrons. The van der Waals surface area contributed by atoms with Gasteiger partial charge in [0, 0.05) is 5.69 Å². The Kier molecular flexibility index (Phi) is 4.90. The van der Waals surface area contributed by atoms with Crippen LogP contribution in [0, 0.1) is 0 Å². The van der Waals surface area contributed by atoms with Gasteiger partial charge in [0.1, 0.15) is 5.75 Å². The molecule has 1 N–H and O–H groups in total. The van der Waals surface area contributed by atoms with E-state index in [4.69, 9.17) is 4.74 Å². The molecule has 0 saturated heterocycles. The number of halogens is 1. The Bertz CT molecular complexity index is 614. The van der Waals surface area contributed by atoms with Crippen molar-refractivity contribution < 1.29 is 14.3 Å². The Balaban J connectivity index is 1.99. The van der Waals surface area contributed by atoms with Crippen molar-refractivity contribution in [3.05, 3.63) is 58.6 Å². The highest BCUT2D eigenvalue weighted by atomic mass is 79.9. The Morgan fingerprint density at radius 2 is 1.90 bits per heavy atom. The second-order valence-electron chi connectivity index (χ2n) is 3.98. The van der Waals surface area contributed by atoms with Gasteiger partial charge in [-0.05, 0) is 40.2 Å². The molecule has 2 aromatic carbocycles. The summed E-state index contributed by atoms with van der Waals surface area (Å²) in [5, 5.41) is 2.70. The largest absolute Gasteiger partial charge is 0.482 e. The number of rotatable bonds is 5. The van der Waals surface area contributed by atoms with Gasteiger partial charge in [-0.1, -0.05) is 24.3 Å². The van der Waals surface area contributed by atoms with Crippen molar-refractivity contribution >= 4 is 33.8 Å². The van der Waals surface area contributed by atoms with Gasteiger partial charge >= 0.3 is 0 Å². The van der Waals surface area contributed by atoms with Crippen LogP contribution in [0.3, 0.4) is 0 Å². The minimum atomic E-state index is -0.288. The molecule has 0 aliphatic heterocycles. The summed E-state index contributed by atoms with van der Waals surface area (Å²) in [7, 11) is 0. The number of carbonyl (C=O) groups excluding carboxylic acids is 2. The maximum absolute atomic E-state index is 11.8. The van der Waals surface area contributed by atoms with E-state index in [1.807, 2.05) is 18.2 Å². The third-order valence-electron chi connectivity index (χ3n) is 2.53. The summed E-state index contributed by atoms with van der Waals surface area (Å²) in [4.78, 5) is 22.7. The normalized spacial score (nSPS) is 9.85. The lowest BCUT2D eigenvalue weighted by molar-refractivity contribution is -0.118. The lowest BCUT2D eigenvalue weighted by Gasteiger charge is -2.10. The Morgan fingerprint density at radius 1 is 1.15 bits per heavy atom. The molecular weight excluding hydrogens is 322 g/mol. The zero-order valence-electron chi connectivity index (χ0n) is 10.5. The number of hydrogen-bond acceptors (Lipinski definition) is 3. The lowest BCUT2D eigenvalue weighted by atomic mass is 10.2. The number of nitrogens with one attached hydrogen (secondary N) is 1. The van der Waals surface area contributed by atoms with E-state index in [0.717, 1.165) is 0 Å². The van der Waals surface area contributed by atoms with Crippen LogP contribution in [0.15, 0.2) is 53.0 Å². The van der Waals surface area contributed by atoms with E-state index < -0.39 is 0 Å². The average molecular weight is 334 g/mol. The molecule has 0 saturated carbocycles. The molecule has 4 nitrogen and oxygen atoms in total. The predicted molar refractivity (Wildman–Crippen MR) is 80.1 cm³/mol. The average Bonchev–Trinajstić information content (AvgIpc) is 2.46. The van der Waals surface area contributed by atoms with E-state index in [1.54, 1.807) is 30.3 Å². The van der Waals surface area contributed by atoms with Crippen LogP contribution in [0.5, 0.6) is 5.75 Å². The molecule has 0 unspecified atom stereocenters. The standard InChI is InChI=1S/C15H12BrNO3/c16-13-8-4-5-11(9-18)15(13)20-10-14(19)17-12-6-2-1-3-7-12/h1-9H,10H2,(H,17,19). The van der Waals surface area contributed by atoms with Crippen molar-refractivity contribution in [1.82, 2.24) is 0 Å². The number of hydrogen-bond donors (Lipinski definition) is 1. The molecule has 0 aliphatic carbocycles. The molecule has 0 atom stereocenters. The molecule has 20 heavy (non-hydrogen) atoms. The summed E-state index contributed by atoms with van der Waals surface area (Å²) in [6.45, 7) is -0.168. The second kappa shape index (κ2) is 6.86. The van der Waals surface area contributed by atoms with Crippen molar-refractivity contribution in [2.75, 3.05) is 11.9 Å². The summed E-state index contributed by atoms with van der Waals surface area (Å²) >= 11 is 3.29. The van der Waals surface area contributed by atoms with Crippen LogP contribution in [0.2, 0.25) is 0 Å². The minimum Gasteiger partial charge on any atom is -0.482 e. The van der Waals surface area contributed by atoms with Gasteiger partial charge in [-0.3, -0.25) is 9.59 Å². The highest BCUT2D eigenvalue weighted by Gasteiger charge is 2.10. The molecule has 1 amide bonds. The number of ether oxygens (including phenoxy) is 1. The number of para-hydroxylation sites is 2. The van der Waals surface area contributed by atoms with Crippen LogP contribution in [-0.2, 0) is 4.79 Å². The van der Waals surface area contributed by atoms with Gasteiger partial charge in [-0.2, -0.15) is 0 Å². The molecule has 2 aromatic rings. The topological polar surface area (TPSA) is 55.4 Å². The zero-order valence-corrected chi connectivity index (χ0v) is 12.1. The van der Waals surface area contributed by atoms with E-state index in [9.17, 15) is 9.59 Å². The number of anilines is 1. The van der Waals surface area contributed by atoms with Crippen LogP contribution in [0.4, 0.5) is 5.69 Å². The summed E-state index contributed by atoms with van der Waals surface area (Å²) in [6.07, 6.45) is 0.690. The number of benzene rings is 2. The highest BCUT2D eigenvalue weighted by Crippen LogP contribution is 2.27. The second-order valence-corrected chi connectivity index (χ2v) is 4.83. The van der Waals surface area contributed by atoms with Gasteiger partial charge in [0.25, 0.3) is 5.91 Å². The van der Waals surface area contributed by atoms with Gasteiger partial charge < -0.3 is 10.1 Å². The fourth-order valence-corrected chi connectivity index (χ4v) is 2.12. The van der Waals surface area contributed by atoms with Crippen LogP contribution in [0.25, 0.3) is 0 Å². The van der Waals surface area contributed by atoms with E-state index in [1.165, 1.54) is 0 Å². The molecule has 0 radical (unpaired) electrons. The summed E-state index contributed by atoms with van der Waals surface area (Å²) in [6, 6.07) is 14.2. The summed E-state index contributed by atoms with van der Waals surface area (Å²) in [5.41, 5.74) is 1.09. The highest BCUT2D eigenvalue weighted by molar-refractivity contribution is 9.10. The van der Waals surface area contributed by atoms with Crippen molar-refractivity contribution in [1.29, 1.82) is 0 Å². The monoisotopic (exact) mass is 333 g/mol. The van der Waals surface area contributed by atoms with E-state index >= 15 is 0 Å². The zero-order chi connectivity index (χ0) is 14.4. The van der Waals surface area contributed by atoms with Gasteiger partial charge in [0.05, 0.1) is 10.0 Å². The molecular formula is C15H12BrNO3. The van der Waals surface area contributed by atoms with Gasteiger partial charge in [0.2, 0.25) is 0 Å². The first kappa shape index (κ1) is 14.3. The first-order chi connectivity index (χ1) is 9.70. The van der Waals surface area contributed by atoms with Crippen LogP contribution in [0.1, 0.15) is 10.4 Å². The SMILES string of the molecule is O=Cc1cccc(Br)c1OCC(=O)Nc1ccccc1. The van der Waals surface area contributed by atoms with Crippen molar-refractivity contribution in [2.45, 2.75) is 0 Å². The van der Waals surface area contributed by atoms with Crippen LogP contribution in [-0.4, -0.2) is 18.8 Å². The van der Waals surface area contributed by atoms with Crippen molar-refractivity contribution in [3.63, 3.8) is 0 Å². The quantitative estimate of drug-likeness (QED) is 0.854. The van der Waals surface area contributed by atoms with E-state index in [2.05, 4.69) is 21.2 Å². The molecule has 0 aliphatic rings. The Hall–Kier alpha value is -2.14. The molecule has 0 bridgehead atoms.